The van der Waals surface area contributed by atoms with Gasteiger partial charge in [0.05, 0.1) is 10.2 Å². The normalized spacial score (nSPS) is 15.4. The minimum atomic E-state index is -0.00218. The first-order valence-electron chi connectivity index (χ1n) is 9.43. The van der Waals surface area contributed by atoms with Crippen molar-refractivity contribution in [2.45, 2.75) is 12.8 Å². The summed E-state index contributed by atoms with van der Waals surface area (Å²) in [5, 5.41) is 0.757. The van der Waals surface area contributed by atoms with Gasteiger partial charge in [0.2, 0.25) is 5.91 Å². The molecule has 0 N–H and O–H groups in total. The molecule has 0 radical (unpaired) electrons. The number of oxazole rings is 1. The molecule has 5 rings (SSSR count). The van der Waals surface area contributed by atoms with Crippen LogP contribution in [0.3, 0.4) is 0 Å². The Labute approximate surface area is 166 Å². The Morgan fingerprint density at radius 1 is 1.07 bits per heavy atom. The number of anilines is 2. The van der Waals surface area contributed by atoms with E-state index in [-0.39, 0.29) is 11.8 Å². The maximum atomic E-state index is 13.0. The molecule has 2 aromatic heterocycles. The SMILES string of the molecule is CN(C(=O)C1CCN(c2nc3ccccc3o2)CC1)c1nc2ccccc2s1. The highest BCUT2D eigenvalue weighted by atomic mass is 32.1. The van der Waals surface area contributed by atoms with Crippen LogP contribution in [0.25, 0.3) is 21.3 Å². The van der Waals surface area contributed by atoms with Crippen LogP contribution in [0, 0.1) is 5.92 Å². The van der Waals surface area contributed by atoms with Crippen LogP contribution in [0.2, 0.25) is 0 Å². The third kappa shape index (κ3) is 3.01. The zero-order valence-electron chi connectivity index (χ0n) is 15.5. The van der Waals surface area contributed by atoms with E-state index in [1.54, 1.807) is 16.2 Å². The number of benzene rings is 2. The molecule has 7 heteroatoms. The Morgan fingerprint density at radius 3 is 2.54 bits per heavy atom. The molecule has 1 saturated heterocycles. The van der Waals surface area contributed by atoms with Crippen molar-refractivity contribution in [2.75, 3.05) is 29.9 Å². The van der Waals surface area contributed by atoms with Crippen molar-refractivity contribution in [3.8, 4) is 0 Å². The molecule has 0 aliphatic carbocycles. The molecule has 0 atom stereocenters. The maximum absolute atomic E-state index is 13.0. The van der Waals surface area contributed by atoms with Crippen LogP contribution in [0.5, 0.6) is 0 Å². The summed E-state index contributed by atoms with van der Waals surface area (Å²) in [5.74, 6) is 0.133. The van der Waals surface area contributed by atoms with Gasteiger partial charge in [0, 0.05) is 26.1 Å². The van der Waals surface area contributed by atoms with E-state index in [0.29, 0.717) is 6.01 Å². The fourth-order valence-electron chi connectivity index (χ4n) is 3.68. The second kappa shape index (κ2) is 6.91. The second-order valence-corrected chi connectivity index (χ2v) is 8.10. The van der Waals surface area contributed by atoms with Gasteiger partial charge in [-0.3, -0.25) is 9.69 Å². The Kier molecular flexibility index (Phi) is 4.24. The number of amides is 1. The predicted molar refractivity (Wildman–Crippen MR) is 112 cm³/mol. The zero-order valence-corrected chi connectivity index (χ0v) is 16.4. The van der Waals surface area contributed by atoms with Crippen molar-refractivity contribution < 1.29 is 9.21 Å². The molecule has 1 aliphatic heterocycles. The van der Waals surface area contributed by atoms with Crippen LogP contribution in [-0.2, 0) is 4.79 Å². The van der Waals surface area contributed by atoms with Crippen molar-refractivity contribution >= 4 is 49.7 Å². The van der Waals surface area contributed by atoms with Crippen molar-refractivity contribution in [3.05, 3.63) is 48.5 Å². The van der Waals surface area contributed by atoms with Gasteiger partial charge in [-0.2, -0.15) is 4.98 Å². The average molecular weight is 392 g/mol. The Bertz CT molecular complexity index is 1080. The van der Waals surface area contributed by atoms with E-state index < -0.39 is 0 Å². The number of thiazole rings is 1. The highest BCUT2D eigenvalue weighted by molar-refractivity contribution is 7.22. The van der Waals surface area contributed by atoms with Gasteiger partial charge in [-0.1, -0.05) is 35.6 Å². The number of carbonyl (C=O) groups excluding carboxylic acids is 1. The topological polar surface area (TPSA) is 62.5 Å². The molecule has 1 fully saturated rings. The fourth-order valence-corrected chi connectivity index (χ4v) is 4.62. The lowest BCUT2D eigenvalue weighted by Crippen LogP contribution is -2.41. The maximum Gasteiger partial charge on any atom is 0.298 e. The molecule has 3 heterocycles. The summed E-state index contributed by atoms with van der Waals surface area (Å²) < 4.78 is 6.96. The fraction of sp³-hybridized carbons (Fsp3) is 0.286. The van der Waals surface area contributed by atoms with Gasteiger partial charge in [-0.05, 0) is 37.1 Å². The summed E-state index contributed by atoms with van der Waals surface area (Å²) in [6.07, 6.45) is 1.57. The van der Waals surface area contributed by atoms with E-state index in [1.165, 1.54) is 0 Å². The van der Waals surface area contributed by atoms with Gasteiger partial charge < -0.3 is 9.32 Å². The summed E-state index contributed by atoms with van der Waals surface area (Å²) in [6, 6.07) is 16.4. The summed E-state index contributed by atoms with van der Waals surface area (Å²) in [5.41, 5.74) is 2.60. The van der Waals surface area contributed by atoms with Crippen LogP contribution in [-0.4, -0.2) is 36.0 Å². The minimum absolute atomic E-state index is 0.00218. The number of piperidine rings is 1. The Morgan fingerprint density at radius 2 is 1.79 bits per heavy atom. The third-order valence-electron chi connectivity index (χ3n) is 5.30. The van der Waals surface area contributed by atoms with E-state index in [4.69, 9.17) is 4.42 Å². The minimum Gasteiger partial charge on any atom is -0.423 e. The highest BCUT2D eigenvalue weighted by Gasteiger charge is 2.30. The largest absolute Gasteiger partial charge is 0.423 e. The van der Waals surface area contributed by atoms with Crippen molar-refractivity contribution in [1.82, 2.24) is 9.97 Å². The van der Waals surface area contributed by atoms with Crippen LogP contribution in [0.4, 0.5) is 11.1 Å². The van der Waals surface area contributed by atoms with Gasteiger partial charge >= 0.3 is 0 Å². The number of rotatable bonds is 3. The van der Waals surface area contributed by atoms with E-state index in [2.05, 4.69) is 14.9 Å². The van der Waals surface area contributed by atoms with E-state index in [9.17, 15) is 4.79 Å². The molecular formula is C21H20N4O2S. The quantitative estimate of drug-likeness (QED) is 0.520. The van der Waals surface area contributed by atoms with E-state index in [1.807, 2.05) is 55.6 Å². The number of aromatic nitrogens is 2. The third-order valence-corrected chi connectivity index (χ3v) is 6.41. The number of nitrogens with zero attached hydrogens (tertiary/aromatic N) is 4. The number of carbonyl (C=O) groups is 1. The number of fused-ring (bicyclic) bond motifs is 2. The molecule has 2 aromatic carbocycles. The predicted octanol–water partition coefficient (Wildman–Crippen LogP) is 4.32. The summed E-state index contributed by atoms with van der Waals surface area (Å²) >= 11 is 1.56. The smallest absolute Gasteiger partial charge is 0.298 e. The lowest BCUT2D eigenvalue weighted by Gasteiger charge is -2.31. The van der Waals surface area contributed by atoms with Gasteiger partial charge in [0.25, 0.3) is 6.01 Å². The molecule has 0 saturated carbocycles. The van der Waals surface area contributed by atoms with Crippen LogP contribution in [0.1, 0.15) is 12.8 Å². The van der Waals surface area contributed by atoms with E-state index >= 15 is 0 Å². The lowest BCUT2D eigenvalue weighted by molar-refractivity contribution is -0.122. The molecule has 0 unspecified atom stereocenters. The molecule has 0 spiro atoms. The lowest BCUT2D eigenvalue weighted by atomic mass is 9.96. The monoisotopic (exact) mass is 392 g/mol. The molecule has 142 valence electrons. The van der Waals surface area contributed by atoms with Crippen LogP contribution >= 0.6 is 11.3 Å². The van der Waals surface area contributed by atoms with Crippen molar-refractivity contribution in [2.24, 2.45) is 5.92 Å². The Balaban J connectivity index is 1.27. The van der Waals surface area contributed by atoms with Gasteiger partial charge in [0.15, 0.2) is 10.7 Å². The first-order chi connectivity index (χ1) is 13.7. The highest BCUT2D eigenvalue weighted by Crippen LogP contribution is 2.31. The first kappa shape index (κ1) is 17.2. The number of para-hydroxylation sites is 3. The van der Waals surface area contributed by atoms with Gasteiger partial charge in [-0.25, -0.2) is 4.98 Å². The standard InChI is InChI=1S/C21H20N4O2S/c1-24(21-23-16-7-3-5-9-18(16)28-21)19(26)14-10-12-25(13-11-14)20-22-15-6-2-4-8-17(15)27-20/h2-9,14H,10-13H2,1H3. The summed E-state index contributed by atoms with van der Waals surface area (Å²) in [7, 11) is 1.83. The molecule has 6 nitrogen and oxygen atoms in total. The van der Waals surface area contributed by atoms with Crippen molar-refractivity contribution in [3.63, 3.8) is 0 Å². The molecule has 28 heavy (non-hydrogen) atoms. The van der Waals surface area contributed by atoms with Gasteiger partial charge in [-0.15, -0.1) is 0 Å². The molecule has 4 aromatic rings. The van der Waals surface area contributed by atoms with Crippen LogP contribution < -0.4 is 9.80 Å². The number of hydrogen-bond donors (Lipinski definition) is 0. The number of hydrogen-bond acceptors (Lipinski definition) is 6. The zero-order chi connectivity index (χ0) is 19.1. The average Bonchev–Trinajstić information content (AvgIpc) is 3.37. The second-order valence-electron chi connectivity index (χ2n) is 7.09. The molecular weight excluding hydrogens is 372 g/mol. The first-order valence-corrected chi connectivity index (χ1v) is 10.2. The summed E-state index contributed by atoms with van der Waals surface area (Å²) in [4.78, 5) is 26.0. The molecule has 1 aliphatic rings. The Hall–Kier alpha value is -2.93. The summed E-state index contributed by atoms with van der Waals surface area (Å²) in [6.45, 7) is 1.52. The molecule has 1 amide bonds. The van der Waals surface area contributed by atoms with Crippen molar-refractivity contribution in [1.29, 1.82) is 0 Å². The van der Waals surface area contributed by atoms with Crippen LogP contribution in [0.15, 0.2) is 52.9 Å². The van der Waals surface area contributed by atoms with E-state index in [0.717, 1.165) is 52.4 Å². The molecule has 0 bridgehead atoms. The van der Waals surface area contributed by atoms with Gasteiger partial charge in [0.1, 0.15) is 5.52 Å².